The Labute approximate surface area is 109 Å². The molecule has 5 heteroatoms. The zero-order valence-corrected chi connectivity index (χ0v) is 10.8. The van der Waals surface area contributed by atoms with Gasteiger partial charge in [-0.25, -0.2) is 9.78 Å². The molecule has 2 N–H and O–H groups in total. The average molecular weight is 262 g/mol. The van der Waals surface area contributed by atoms with Gasteiger partial charge in [-0.2, -0.15) is 0 Å². The van der Waals surface area contributed by atoms with Crippen molar-refractivity contribution in [1.82, 2.24) is 4.98 Å². The minimum Gasteiger partial charge on any atom is -0.477 e. The van der Waals surface area contributed by atoms with E-state index in [2.05, 4.69) is 23.3 Å². The molecule has 0 aromatic carbocycles. The summed E-state index contributed by atoms with van der Waals surface area (Å²) in [5.41, 5.74) is 0.0565. The number of nitrogens with one attached hydrogen (secondary N) is 1. The van der Waals surface area contributed by atoms with Crippen molar-refractivity contribution in [2.75, 3.05) is 5.32 Å². The van der Waals surface area contributed by atoms with Crippen LogP contribution in [-0.4, -0.2) is 16.1 Å². The summed E-state index contributed by atoms with van der Waals surface area (Å²) >= 11 is 1.68. The summed E-state index contributed by atoms with van der Waals surface area (Å²) in [7, 11) is 0. The van der Waals surface area contributed by atoms with Crippen molar-refractivity contribution in [2.24, 2.45) is 0 Å². The number of anilines is 1. The normalized spacial score (nSPS) is 12.1. The van der Waals surface area contributed by atoms with E-state index >= 15 is 0 Å². The van der Waals surface area contributed by atoms with Crippen molar-refractivity contribution >= 4 is 23.1 Å². The van der Waals surface area contributed by atoms with Crippen LogP contribution in [0.3, 0.4) is 0 Å². The predicted molar refractivity (Wildman–Crippen MR) is 72.2 cm³/mol. The SMILES string of the molecule is CCC(Nc1cccc(C(=O)O)n1)c1cccs1. The molecule has 1 atom stereocenters. The average Bonchev–Trinajstić information content (AvgIpc) is 2.90. The standard InChI is InChI=1S/C13H14N2O2S/c1-2-9(11-6-4-8-18-11)14-12-7-3-5-10(15-12)13(16)17/h3-9H,2H2,1H3,(H,14,15)(H,16,17). The highest BCUT2D eigenvalue weighted by atomic mass is 32.1. The molecule has 4 nitrogen and oxygen atoms in total. The second-order valence-electron chi connectivity index (χ2n) is 3.83. The lowest BCUT2D eigenvalue weighted by Crippen LogP contribution is -2.11. The third-order valence-electron chi connectivity index (χ3n) is 2.59. The van der Waals surface area contributed by atoms with Crippen LogP contribution in [0.4, 0.5) is 5.82 Å². The first-order valence-electron chi connectivity index (χ1n) is 5.71. The van der Waals surface area contributed by atoms with Crippen LogP contribution in [0.15, 0.2) is 35.7 Å². The van der Waals surface area contributed by atoms with E-state index < -0.39 is 5.97 Å². The Morgan fingerprint density at radius 3 is 2.89 bits per heavy atom. The fourth-order valence-electron chi connectivity index (χ4n) is 1.68. The number of aromatic carboxylic acids is 1. The van der Waals surface area contributed by atoms with Crippen LogP contribution in [0.1, 0.15) is 34.8 Å². The van der Waals surface area contributed by atoms with Crippen LogP contribution in [0.5, 0.6) is 0 Å². The van der Waals surface area contributed by atoms with E-state index in [9.17, 15) is 4.79 Å². The van der Waals surface area contributed by atoms with E-state index in [0.717, 1.165) is 6.42 Å². The molecule has 2 heterocycles. The number of hydrogen-bond donors (Lipinski definition) is 2. The summed E-state index contributed by atoms with van der Waals surface area (Å²) in [4.78, 5) is 16.1. The Bertz CT molecular complexity index is 526. The van der Waals surface area contributed by atoms with Crippen LogP contribution in [0.25, 0.3) is 0 Å². The van der Waals surface area contributed by atoms with E-state index in [1.165, 1.54) is 10.9 Å². The minimum atomic E-state index is -1.01. The second kappa shape index (κ2) is 5.64. The molecule has 0 saturated carbocycles. The number of thiophene rings is 1. The first kappa shape index (κ1) is 12.6. The van der Waals surface area contributed by atoms with Crippen LogP contribution < -0.4 is 5.32 Å². The monoisotopic (exact) mass is 262 g/mol. The van der Waals surface area contributed by atoms with Gasteiger partial charge in [-0.05, 0) is 30.0 Å². The minimum absolute atomic E-state index is 0.0565. The molecular weight excluding hydrogens is 248 g/mol. The summed E-state index contributed by atoms with van der Waals surface area (Å²) in [5.74, 6) is -0.419. The van der Waals surface area contributed by atoms with Gasteiger partial charge in [0.05, 0.1) is 6.04 Å². The van der Waals surface area contributed by atoms with Crippen molar-refractivity contribution in [1.29, 1.82) is 0 Å². The number of hydrogen-bond acceptors (Lipinski definition) is 4. The number of pyridine rings is 1. The fourth-order valence-corrected chi connectivity index (χ4v) is 2.54. The third kappa shape index (κ3) is 2.87. The maximum atomic E-state index is 10.8. The number of carbonyl (C=O) groups is 1. The van der Waals surface area contributed by atoms with E-state index in [4.69, 9.17) is 5.11 Å². The predicted octanol–water partition coefficient (Wildman–Crippen LogP) is 3.40. The van der Waals surface area contributed by atoms with E-state index in [1.54, 1.807) is 23.5 Å². The summed E-state index contributed by atoms with van der Waals surface area (Å²) < 4.78 is 0. The summed E-state index contributed by atoms with van der Waals surface area (Å²) in [5, 5.41) is 14.2. The Morgan fingerprint density at radius 2 is 2.28 bits per heavy atom. The molecule has 2 aromatic rings. The number of nitrogens with zero attached hydrogens (tertiary/aromatic N) is 1. The zero-order chi connectivity index (χ0) is 13.0. The molecule has 0 spiro atoms. The lowest BCUT2D eigenvalue weighted by atomic mass is 10.2. The number of carboxylic acid groups (broad SMARTS) is 1. The molecule has 0 amide bonds. The zero-order valence-electron chi connectivity index (χ0n) is 9.96. The van der Waals surface area contributed by atoms with Crippen molar-refractivity contribution in [3.05, 3.63) is 46.3 Å². The number of rotatable bonds is 5. The summed E-state index contributed by atoms with van der Waals surface area (Å²) in [6, 6.07) is 9.20. The molecule has 0 fully saturated rings. The molecule has 0 aliphatic rings. The fraction of sp³-hybridized carbons (Fsp3) is 0.231. The third-order valence-corrected chi connectivity index (χ3v) is 3.57. The molecule has 0 radical (unpaired) electrons. The van der Waals surface area contributed by atoms with E-state index in [1.807, 2.05) is 11.4 Å². The molecule has 1 unspecified atom stereocenters. The maximum Gasteiger partial charge on any atom is 0.354 e. The molecular formula is C13H14N2O2S. The maximum absolute atomic E-state index is 10.8. The van der Waals surface area contributed by atoms with Crippen molar-refractivity contribution < 1.29 is 9.90 Å². The van der Waals surface area contributed by atoms with Crippen LogP contribution >= 0.6 is 11.3 Å². The van der Waals surface area contributed by atoms with Gasteiger partial charge in [0.15, 0.2) is 5.69 Å². The largest absolute Gasteiger partial charge is 0.477 e. The lowest BCUT2D eigenvalue weighted by molar-refractivity contribution is 0.0690. The quantitative estimate of drug-likeness (QED) is 0.866. The topological polar surface area (TPSA) is 62.2 Å². The second-order valence-corrected chi connectivity index (χ2v) is 4.81. The van der Waals surface area contributed by atoms with Crippen LogP contribution in [0.2, 0.25) is 0 Å². The highest BCUT2D eigenvalue weighted by Crippen LogP contribution is 2.25. The van der Waals surface area contributed by atoms with E-state index in [0.29, 0.717) is 5.82 Å². The first-order valence-corrected chi connectivity index (χ1v) is 6.59. The Morgan fingerprint density at radius 1 is 1.44 bits per heavy atom. The summed E-state index contributed by atoms with van der Waals surface area (Å²) in [6.45, 7) is 2.08. The molecule has 0 saturated heterocycles. The molecule has 2 aromatic heterocycles. The van der Waals surface area contributed by atoms with Crippen LogP contribution in [0, 0.1) is 0 Å². The first-order chi connectivity index (χ1) is 8.70. The molecule has 0 aliphatic heterocycles. The lowest BCUT2D eigenvalue weighted by Gasteiger charge is -2.16. The smallest absolute Gasteiger partial charge is 0.354 e. The van der Waals surface area contributed by atoms with Gasteiger partial charge in [0.1, 0.15) is 5.82 Å². The molecule has 0 aliphatic carbocycles. The number of aromatic nitrogens is 1. The van der Waals surface area contributed by atoms with Crippen molar-refractivity contribution in [2.45, 2.75) is 19.4 Å². The van der Waals surface area contributed by atoms with Gasteiger partial charge in [0.25, 0.3) is 0 Å². The Hall–Kier alpha value is -1.88. The Balaban J connectivity index is 2.17. The number of carboxylic acids is 1. The van der Waals surface area contributed by atoms with Gasteiger partial charge < -0.3 is 10.4 Å². The van der Waals surface area contributed by atoms with E-state index in [-0.39, 0.29) is 11.7 Å². The van der Waals surface area contributed by atoms with Gasteiger partial charge in [-0.1, -0.05) is 19.1 Å². The Kier molecular flexibility index (Phi) is 3.94. The van der Waals surface area contributed by atoms with Crippen LogP contribution in [-0.2, 0) is 0 Å². The molecule has 94 valence electrons. The summed E-state index contributed by atoms with van der Waals surface area (Å²) in [6.07, 6.45) is 0.916. The van der Waals surface area contributed by atoms with Gasteiger partial charge in [0, 0.05) is 4.88 Å². The van der Waals surface area contributed by atoms with Crippen molar-refractivity contribution in [3.8, 4) is 0 Å². The van der Waals surface area contributed by atoms with Gasteiger partial charge in [-0.3, -0.25) is 0 Å². The van der Waals surface area contributed by atoms with Gasteiger partial charge >= 0.3 is 5.97 Å². The molecule has 2 rings (SSSR count). The van der Waals surface area contributed by atoms with Gasteiger partial charge in [-0.15, -0.1) is 11.3 Å². The van der Waals surface area contributed by atoms with Gasteiger partial charge in [0.2, 0.25) is 0 Å². The van der Waals surface area contributed by atoms with Crippen molar-refractivity contribution in [3.63, 3.8) is 0 Å². The molecule has 18 heavy (non-hydrogen) atoms. The highest BCUT2D eigenvalue weighted by Gasteiger charge is 2.12. The highest BCUT2D eigenvalue weighted by molar-refractivity contribution is 7.10. The molecule has 0 bridgehead atoms.